The molecule has 2 aromatic heterocycles. The van der Waals surface area contributed by atoms with Gasteiger partial charge in [0, 0.05) is 18.0 Å². The molecule has 0 aliphatic carbocycles. The second kappa shape index (κ2) is 5.42. The monoisotopic (exact) mass is 319 g/mol. The number of halogens is 3. The van der Waals surface area contributed by atoms with Gasteiger partial charge in [-0.3, -0.25) is 4.79 Å². The molecule has 4 nitrogen and oxygen atoms in total. The largest absolute Gasteiger partial charge is 0.416 e. The molecule has 3 rings (SSSR count). The molecular weight excluding hydrogens is 307 g/mol. The van der Waals surface area contributed by atoms with Gasteiger partial charge in [0.1, 0.15) is 0 Å². The number of nitrogens with zero attached hydrogens (tertiary/aromatic N) is 2. The summed E-state index contributed by atoms with van der Waals surface area (Å²) < 4.78 is 39.4. The molecule has 1 amide bonds. The minimum atomic E-state index is -4.42. The number of imidazole rings is 1. The summed E-state index contributed by atoms with van der Waals surface area (Å²) in [6.45, 7) is 1.83. The summed E-state index contributed by atoms with van der Waals surface area (Å²) in [5, 5.41) is 2.67. The number of anilines is 1. The van der Waals surface area contributed by atoms with Crippen LogP contribution in [0.1, 0.15) is 21.6 Å². The van der Waals surface area contributed by atoms with Gasteiger partial charge in [-0.2, -0.15) is 13.2 Å². The topological polar surface area (TPSA) is 46.4 Å². The first-order valence-corrected chi connectivity index (χ1v) is 6.77. The first kappa shape index (κ1) is 15.1. The van der Waals surface area contributed by atoms with Crippen LogP contribution in [-0.4, -0.2) is 15.3 Å². The van der Waals surface area contributed by atoms with Crippen LogP contribution < -0.4 is 5.32 Å². The first-order valence-electron chi connectivity index (χ1n) is 6.77. The zero-order valence-electron chi connectivity index (χ0n) is 12.1. The van der Waals surface area contributed by atoms with Crippen LogP contribution in [0.2, 0.25) is 0 Å². The van der Waals surface area contributed by atoms with Gasteiger partial charge < -0.3 is 9.72 Å². The number of aromatic nitrogens is 2. The first-order chi connectivity index (χ1) is 10.8. The number of aryl methyl sites for hydroxylation is 1. The summed E-state index contributed by atoms with van der Waals surface area (Å²) in [7, 11) is 0. The summed E-state index contributed by atoms with van der Waals surface area (Å²) in [6, 6.07) is 7.49. The zero-order chi connectivity index (χ0) is 16.6. The fourth-order valence-corrected chi connectivity index (χ4v) is 2.24. The summed E-state index contributed by atoms with van der Waals surface area (Å²) >= 11 is 0. The lowest BCUT2D eigenvalue weighted by Gasteiger charge is -2.09. The maximum atomic E-state index is 12.5. The number of nitrogens with one attached hydrogen (secondary N) is 1. The second-order valence-electron chi connectivity index (χ2n) is 5.06. The van der Waals surface area contributed by atoms with E-state index in [0.29, 0.717) is 11.3 Å². The van der Waals surface area contributed by atoms with Gasteiger partial charge in [0.05, 0.1) is 16.9 Å². The minimum Gasteiger partial charge on any atom is -0.319 e. The molecule has 1 aromatic carbocycles. The summed E-state index contributed by atoms with van der Waals surface area (Å²) in [6.07, 6.45) is -0.819. The molecule has 1 N–H and O–H groups in total. The smallest absolute Gasteiger partial charge is 0.319 e. The molecule has 7 heteroatoms. The molecule has 3 aromatic rings. The molecule has 0 saturated carbocycles. The number of alkyl halides is 3. The predicted molar refractivity (Wildman–Crippen MR) is 79.3 cm³/mol. The SMILES string of the molecule is Cc1cn2cccc(NC(=O)c3ccc(C(F)(F)F)cc3)c2n1. The van der Waals surface area contributed by atoms with Crippen LogP contribution in [0.3, 0.4) is 0 Å². The van der Waals surface area contributed by atoms with E-state index >= 15 is 0 Å². The highest BCUT2D eigenvalue weighted by atomic mass is 19.4. The molecule has 0 aliphatic rings. The Kier molecular flexibility index (Phi) is 3.55. The summed E-state index contributed by atoms with van der Waals surface area (Å²) in [4.78, 5) is 16.5. The number of fused-ring (bicyclic) bond motifs is 1. The molecule has 118 valence electrons. The van der Waals surface area contributed by atoms with Gasteiger partial charge in [-0.15, -0.1) is 0 Å². The lowest BCUT2D eigenvalue weighted by atomic mass is 10.1. The number of amides is 1. The maximum Gasteiger partial charge on any atom is 0.416 e. The Morgan fingerprint density at radius 1 is 1.17 bits per heavy atom. The van der Waals surface area contributed by atoms with Crippen molar-refractivity contribution in [3.05, 3.63) is 65.6 Å². The van der Waals surface area contributed by atoms with E-state index in [1.165, 1.54) is 0 Å². The maximum absolute atomic E-state index is 12.5. The van der Waals surface area contributed by atoms with Crippen LogP contribution in [0.25, 0.3) is 5.65 Å². The van der Waals surface area contributed by atoms with Gasteiger partial charge in [0.15, 0.2) is 5.65 Å². The van der Waals surface area contributed by atoms with E-state index in [9.17, 15) is 18.0 Å². The third kappa shape index (κ3) is 3.03. The predicted octanol–water partition coefficient (Wildman–Crippen LogP) is 3.91. The highest BCUT2D eigenvalue weighted by Gasteiger charge is 2.30. The van der Waals surface area contributed by atoms with E-state index in [-0.39, 0.29) is 5.56 Å². The van der Waals surface area contributed by atoms with E-state index in [1.54, 1.807) is 22.7 Å². The van der Waals surface area contributed by atoms with Crippen molar-refractivity contribution in [3.8, 4) is 0 Å². The average Bonchev–Trinajstić information content (AvgIpc) is 2.88. The van der Waals surface area contributed by atoms with E-state index in [1.807, 2.05) is 13.1 Å². The average molecular weight is 319 g/mol. The molecule has 0 bridgehead atoms. The highest BCUT2D eigenvalue weighted by molar-refractivity contribution is 6.06. The van der Waals surface area contributed by atoms with Crippen molar-refractivity contribution in [1.82, 2.24) is 9.38 Å². The second-order valence-corrected chi connectivity index (χ2v) is 5.06. The fraction of sp³-hybridized carbons (Fsp3) is 0.125. The molecule has 0 fully saturated rings. The van der Waals surface area contributed by atoms with Gasteiger partial charge >= 0.3 is 6.18 Å². The third-order valence-electron chi connectivity index (χ3n) is 3.33. The van der Waals surface area contributed by atoms with Gasteiger partial charge in [-0.1, -0.05) is 0 Å². The number of hydrogen-bond donors (Lipinski definition) is 1. The molecule has 23 heavy (non-hydrogen) atoms. The molecule has 0 aliphatic heterocycles. The van der Waals surface area contributed by atoms with Gasteiger partial charge in [-0.05, 0) is 43.3 Å². The van der Waals surface area contributed by atoms with Crippen LogP contribution in [0.15, 0.2) is 48.8 Å². The number of carbonyl (C=O) groups is 1. The third-order valence-corrected chi connectivity index (χ3v) is 3.33. The molecule has 0 atom stereocenters. The van der Waals surface area contributed by atoms with Crippen molar-refractivity contribution in [2.24, 2.45) is 0 Å². The van der Waals surface area contributed by atoms with Gasteiger partial charge in [-0.25, -0.2) is 4.98 Å². The molecular formula is C16H12F3N3O. The summed E-state index contributed by atoms with van der Waals surface area (Å²) in [5.41, 5.74) is 1.21. The Morgan fingerprint density at radius 2 is 1.87 bits per heavy atom. The van der Waals surface area contributed by atoms with Crippen LogP contribution >= 0.6 is 0 Å². The Hall–Kier alpha value is -2.83. The number of benzene rings is 1. The lowest BCUT2D eigenvalue weighted by Crippen LogP contribution is -2.13. The van der Waals surface area contributed by atoms with E-state index < -0.39 is 17.6 Å². The minimum absolute atomic E-state index is 0.142. The number of pyridine rings is 1. The van der Waals surface area contributed by atoms with Crippen molar-refractivity contribution in [2.75, 3.05) is 5.32 Å². The van der Waals surface area contributed by atoms with Crippen molar-refractivity contribution >= 4 is 17.2 Å². The van der Waals surface area contributed by atoms with Crippen molar-refractivity contribution in [3.63, 3.8) is 0 Å². The number of rotatable bonds is 2. The normalized spacial score (nSPS) is 11.7. The van der Waals surface area contributed by atoms with E-state index in [0.717, 1.165) is 30.0 Å². The molecule has 0 radical (unpaired) electrons. The zero-order valence-corrected chi connectivity index (χ0v) is 12.1. The fourth-order valence-electron chi connectivity index (χ4n) is 2.24. The Balaban J connectivity index is 1.86. The number of carbonyl (C=O) groups excluding carboxylic acids is 1. The van der Waals surface area contributed by atoms with Crippen molar-refractivity contribution < 1.29 is 18.0 Å². The summed E-state index contributed by atoms with van der Waals surface area (Å²) in [5.74, 6) is -0.493. The van der Waals surface area contributed by atoms with Crippen molar-refractivity contribution in [2.45, 2.75) is 13.1 Å². The van der Waals surface area contributed by atoms with Crippen LogP contribution in [0.4, 0.5) is 18.9 Å². The van der Waals surface area contributed by atoms with Crippen LogP contribution in [-0.2, 0) is 6.18 Å². The highest BCUT2D eigenvalue weighted by Crippen LogP contribution is 2.29. The van der Waals surface area contributed by atoms with Crippen LogP contribution in [0, 0.1) is 6.92 Å². The van der Waals surface area contributed by atoms with Gasteiger partial charge in [0.25, 0.3) is 5.91 Å². The Labute approximate surface area is 129 Å². The Bertz CT molecular complexity index is 866. The standard InChI is InChI=1S/C16H12F3N3O/c1-10-9-22-8-2-3-13(14(22)20-10)21-15(23)11-4-6-12(7-5-11)16(17,18)19/h2-9H,1H3,(H,21,23). The van der Waals surface area contributed by atoms with Gasteiger partial charge in [0.2, 0.25) is 0 Å². The Morgan fingerprint density at radius 3 is 2.52 bits per heavy atom. The van der Waals surface area contributed by atoms with Crippen LogP contribution in [0.5, 0.6) is 0 Å². The molecule has 0 saturated heterocycles. The van der Waals surface area contributed by atoms with E-state index in [2.05, 4.69) is 10.3 Å². The molecule has 0 spiro atoms. The quantitative estimate of drug-likeness (QED) is 0.778. The molecule has 0 unspecified atom stereocenters. The van der Waals surface area contributed by atoms with E-state index in [4.69, 9.17) is 0 Å². The molecule has 2 heterocycles. The van der Waals surface area contributed by atoms with Crippen molar-refractivity contribution in [1.29, 1.82) is 0 Å². The number of hydrogen-bond acceptors (Lipinski definition) is 2. The lowest BCUT2D eigenvalue weighted by molar-refractivity contribution is -0.137.